The van der Waals surface area contributed by atoms with Gasteiger partial charge in [0.15, 0.2) is 11.5 Å². The molecule has 1 aliphatic heterocycles. The molecule has 1 saturated heterocycles. The first-order valence-electron chi connectivity index (χ1n) is 13.8. The Morgan fingerprint density at radius 2 is 1.82 bits per heavy atom. The van der Waals surface area contributed by atoms with Gasteiger partial charge in [0.05, 0.1) is 13.7 Å². The molecule has 3 rings (SSSR count). The molecule has 0 bridgehead atoms. The molecule has 2 atom stereocenters. The number of urea groups is 1. The maximum atomic E-state index is 13.7. The van der Waals surface area contributed by atoms with Gasteiger partial charge in [0.25, 0.3) is 5.91 Å². The topological polar surface area (TPSA) is 92.4 Å². The summed E-state index contributed by atoms with van der Waals surface area (Å²) in [4.78, 5) is 30.5. The van der Waals surface area contributed by atoms with Crippen LogP contribution >= 0.6 is 0 Å². The third kappa shape index (κ3) is 8.60. The Morgan fingerprint density at radius 3 is 2.49 bits per heavy atom. The van der Waals surface area contributed by atoms with Crippen molar-refractivity contribution < 1.29 is 23.8 Å². The minimum absolute atomic E-state index is 0.0205. The van der Waals surface area contributed by atoms with Gasteiger partial charge >= 0.3 is 6.03 Å². The van der Waals surface area contributed by atoms with Crippen LogP contribution in [0.4, 0.5) is 4.79 Å². The molecule has 214 valence electrons. The highest BCUT2D eigenvalue weighted by molar-refractivity contribution is 5.95. The molecule has 1 fully saturated rings. The van der Waals surface area contributed by atoms with Crippen LogP contribution in [-0.4, -0.2) is 87.4 Å². The number of nitrogens with one attached hydrogen (secondary N) is 2. The van der Waals surface area contributed by atoms with Crippen molar-refractivity contribution in [1.29, 1.82) is 0 Å². The van der Waals surface area contributed by atoms with E-state index in [2.05, 4.69) is 10.6 Å². The van der Waals surface area contributed by atoms with E-state index < -0.39 is 0 Å². The zero-order valence-corrected chi connectivity index (χ0v) is 23.9. The number of methoxy groups -OCH3 is 2. The second-order valence-electron chi connectivity index (χ2n) is 10.1. The second-order valence-corrected chi connectivity index (χ2v) is 10.1. The highest BCUT2D eigenvalue weighted by atomic mass is 16.5. The van der Waals surface area contributed by atoms with Crippen LogP contribution < -0.4 is 20.1 Å². The fraction of sp³-hybridized carbons (Fsp3) is 0.533. The summed E-state index contributed by atoms with van der Waals surface area (Å²) < 4.78 is 16.4. The Kier molecular flexibility index (Phi) is 11.9. The average Bonchev–Trinajstić information content (AvgIpc) is 3.38. The lowest BCUT2D eigenvalue weighted by Crippen LogP contribution is -2.50. The van der Waals surface area contributed by atoms with Gasteiger partial charge in [0.1, 0.15) is 0 Å². The number of benzene rings is 2. The molecule has 0 aromatic heterocycles. The predicted molar refractivity (Wildman–Crippen MR) is 152 cm³/mol. The van der Waals surface area contributed by atoms with E-state index in [0.717, 1.165) is 18.5 Å². The molecule has 2 aromatic carbocycles. The van der Waals surface area contributed by atoms with E-state index in [9.17, 15) is 9.59 Å². The molecule has 2 aromatic rings. The van der Waals surface area contributed by atoms with Crippen molar-refractivity contribution in [2.45, 2.75) is 45.8 Å². The van der Waals surface area contributed by atoms with Crippen molar-refractivity contribution in [3.63, 3.8) is 0 Å². The summed E-state index contributed by atoms with van der Waals surface area (Å²) in [5, 5.41) is 6.62. The first kappa shape index (κ1) is 30.2. The van der Waals surface area contributed by atoms with Gasteiger partial charge in [-0.2, -0.15) is 0 Å². The van der Waals surface area contributed by atoms with Crippen molar-refractivity contribution in [2.24, 2.45) is 5.92 Å². The molecule has 9 nitrogen and oxygen atoms in total. The van der Waals surface area contributed by atoms with E-state index in [1.165, 1.54) is 0 Å². The Hall–Kier alpha value is -3.30. The minimum Gasteiger partial charge on any atom is -0.493 e. The zero-order chi connectivity index (χ0) is 28.2. The molecule has 1 heterocycles. The number of rotatable bonds is 14. The van der Waals surface area contributed by atoms with Crippen LogP contribution in [0.2, 0.25) is 0 Å². The third-order valence-electron chi connectivity index (χ3n) is 7.01. The lowest BCUT2D eigenvalue weighted by Gasteiger charge is -2.32. The van der Waals surface area contributed by atoms with Crippen LogP contribution in [0.3, 0.4) is 0 Å². The highest BCUT2D eigenvalue weighted by Gasteiger charge is 2.33. The number of carbonyl (C=O) groups is 2. The minimum atomic E-state index is -0.0899. The fourth-order valence-electron chi connectivity index (χ4n) is 4.73. The van der Waals surface area contributed by atoms with Crippen molar-refractivity contribution in [3.8, 4) is 11.5 Å². The van der Waals surface area contributed by atoms with E-state index in [4.69, 9.17) is 14.2 Å². The van der Waals surface area contributed by atoms with E-state index in [1.54, 1.807) is 32.4 Å². The van der Waals surface area contributed by atoms with Gasteiger partial charge in [0, 0.05) is 76.4 Å². The molecule has 0 aliphatic carbocycles. The standard InChI is InChI=1S/C30H44N4O5/c1-6-33(20-23-11-8-7-9-12-23)30(36)32-26-19-31-18-25(26)21-34(22(2)3)29(35)24-13-14-27(38-5)28(17-24)39-16-10-15-37-4/h7-9,11-14,17,22,25-26,31H,6,10,15-16,18-21H2,1-5H3,(H,32,36). The van der Waals surface area contributed by atoms with Gasteiger partial charge in [0.2, 0.25) is 0 Å². The summed E-state index contributed by atoms with van der Waals surface area (Å²) in [6.07, 6.45) is 0.735. The molecule has 9 heteroatoms. The van der Waals surface area contributed by atoms with E-state index in [0.29, 0.717) is 56.5 Å². The molecule has 0 spiro atoms. The van der Waals surface area contributed by atoms with Gasteiger partial charge in [-0.05, 0) is 44.5 Å². The van der Waals surface area contributed by atoms with E-state index in [1.807, 2.05) is 60.9 Å². The monoisotopic (exact) mass is 540 g/mol. The third-order valence-corrected chi connectivity index (χ3v) is 7.01. The number of hydrogen-bond acceptors (Lipinski definition) is 6. The zero-order valence-electron chi connectivity index (χ0n) is 23.9. The SMILES string of the molecule is CCN(Cc1ccccc1)C(=O)NC1CNCC1CN(C(=O)c1ccc(OC)c(OCCCOC)c1)C(C)C. The molecular formula is C30H44N4O5. The van der Waals surface area contributed by atoms with Crippen molar-refractivity contribution in [2.75, 3.05) is 53.6 Å². The maximum Gasteiger partial charge on any atom is 0.317 e. The summed E-state index contributed by atoms with van der Waals surface area (Å²) in [7, 11) is 3.24. The largest absolute Gasteiger partial charge is 0.493 e. The molecule has 2 unspecified atom stereocenters. The fourth-order valence-corrected chi connectivity index (χ4v) is 4.73. The summed E-state index contributed by atoms with van der Waals surface area (Å²) in [5.74, 6) is 1.12. The molecule has 3 amide bonds. The molecule has 0 radical (unpaired) electrons. The summed E-state index contributed by atoms with van der Waals surface area (Å²) in [6.45, 7) is 10.1. The Bertz CT molecular complexity index is 1050. The van der Waals surface area contributed by atoms with Gasteiger partial charge in [-0.15, -0.1) is 0 Å². The lowest BCUT2D eigenvalue weighted by atomic mass is 10.0. The molecule has 1 aliphatic rings. The highest BCUT2D eigenvalue weighted by Crippen LogP contribution is 2.29. The average molecular weight is 541 g/mol. The number of ether oxygens (including phenoxy) is 3. The molecule has 2 N–H and O–H groups in total. The number of nitrogens with zero attached hydrogens (tertiary/aromatic N) is 2. The molecular weight excluding hydrogens is 496 g/mol. The van der Waals surface area contributed by atoms with Crippen molar-refractivity contribution in [1.82, 2.24) is 20.4 Å². The number of hydrogen-bond donors (Lipinski definition) is 2. The quantitative estimate of drug-likeness (QED) is 0.355. The van der Waals surface area contributed by atoms with Gasteiger partial charge in [-0.25, -0.2) is 4.79 Å². The summed E-state index contributed by atoms with van der Waals surface area (Å²) in [5.41, 5.74) is 1.63. The van der Waals surface area contributed by atoms with Crippen LogP contribution in [0.5, 0.6) is 11.5 Å². The Morgan fingerprint density at radius 1 is 1.05 bits per heavy atom. The Labute approximate surface area is 232 Å². The van der Waals surface area contributed by atoms with Gasteiger partial charge in [-0.1, -0.05) is 30.3 Å². The van der Waals surface area contributed by atoms with Crippen molar-refractivity contribution in [3.05, 3.63) is 59.7 Å². The van der Waals surface area contributed by atoms with Gasteiger partial charge < -0.3 is 34.6 Å². The normalized spacial score (nSPS) is 16.7. The predicted octanol–water partition coefficient (Wildman–Crippen LogP) is 3.78. The number of amides is 3. The van der Waals surface area contributed by atoms with Crippen LogP contribution in [-0.2, 0) is 11.3 Å². The first-order valence-corrected chi connectivity index (χ1v) is 13.8. The van der Waals surface area contributed by atoms with Crippen LogP contribution in [0.25, 0.3) is 0 Å². The molecule has 0 saturated carbocycles. The van der Waals surface area contributed by atoms with Crippen LogP contribution in [0.1, 0.15) is 43.1 Å². The maximum absolute atomic E-state index is 13.7. The smallest absolute Gasteiger partial charge is 0.317 e. The number of carbonyl (C=O) groups excluding carboxylic acids is 2. The summed E-state index contributed by atoms with van der Waals surface area (Å²) >= 11 is 0. The molecule has 39 heavy (non-hydrogen) atoms. The van der Waals surface area contributed by atoms with E-state index in [-0.39, 0.29) is 29.9 Å². The van der Waals surface area contributed by atoms with E-state index >= 15 is 0 Å². The first-order chi connectivity index (χ1) is 18.9. The summed E-state index contributed by atoms with van der Waals surface area (Å²) in [6, 6.07) is 15.1. The Balaban J connectivity index is 1.67. The van der Waals surface area contributed by atoms with Crippen LogP contribution in [0.15, 0.2) is 48.5 Å². The lowest BCUT2D eigenvalue weighted by molar-refractivity contribution is 0.0668. The van der Waals surface area contributed by atoms with Crippen LogP contribution in [0, 0.1) is 5.92 Å². The van der Waals surface area contributed by atoms with Gasteiger partial charge in [-0.3, -0.25) is 4.79 Å². The second kappa shape index (κ2) is 15.3. The van der Waals surface area contributed by atoms with Crippen molar-refractivity contribution >= 4 is 11.9 Å².